The summed E-state index contributed by atoms with van der Waals surface area (Å²) in [5.74, 6) is 0.125. The Bertz CT molecular complexity index is 87.7. The first-order valence-corrected chi connectivity index (χ1v) is 2.62. The van der Waals surface area contributed by atoms with Crippen LogP contribution in [-0.2, 0) is 0 Å². The van der Waals surface area contributed by atoms with E-state index in [0.29, 0.717) is 6.04 Å². The van der Waals surface area contributed by atoms with Crippen LogP contribution in [-0.4, -0.2) is 23.9 Å². The van der Waals surface area contributed by atoms with Crippen LogP contribution in [0.15, 0.2) is 0 Å². The van der Waals surface area contributed by atoms with Gasteiger partial charge in [0.25, 0.3) is 0 Å². The van der Waals surface area contributed by atoms with Crippen molar-refractivity contribution in [2.45, 2.75) is 19.9 Å². The van der Waals surface area contributed by atoms with E-state index in [1.165, 1.54) is 0 Å². The van der Waals surface area contributed by atoms with Crippen molar-refractivity contribution in [1.29, 1.82) is 5.41 Å². The molecule has 3 nitrogen and oxygen atoms in total. The van der Waals surface area contributed by atoms with Gasteiger partial charge in [0.1, 0.15) is 0 Å². The Kier molecular flexibility index (Phi) is 2.31. The third kappa shape index (κ3) is 1.82. The molecule has 0 aromatic heterocycles. The summed E-state index contributed by atoms with van der Waals surface area (Å²) in [6.07, 6.45) is 0. The number of rotatable bonds is 1. The maximum atomic E-state index is 6.93. The zero-order valence-corrected chi connectivity index (χ0v) is 5.60. The van der Waals surface area contributed by atoms with Crippen LogP contribution >= 0.6 is 0 Å². The average Bonchev–Trinajstić information content (AvgIpc) is 1.64. The average molecular weight is 115 g/mol. The molecule has 0 saturated carbocycles. The third-order valence-corrected chi connectivity index (χ3v) is 1.15. The van der Waals surface area contributed by atoms with E-state index in [1.807, 2.05) is 13.8 Å². The van der Waals surface area contributed by atoms with E-state index in [0.717, 1.165) is 0 Å². The lowest BCUT2D eigenvalue weighted by atomic mass is 10.4. The van der Waals surface area contributed by atoms with Crippen LogP contribution in [0.1, 0.15) is 13.8 Å². The van der Waals surface area contributed by atoms with Gasteiger partial charge in [-0.3, -0.25) is 5.41 Å². The first-order chi connectivity index (χ1) is 3.55. The Morgan fingerprint density at radius 1 is 1.62 bits per heavy atom. The molecule has 0 fully saturated rings. The van der Waals surface area contributed by atoms with Crippen LogP contribution in [0.25, 0.3) is 0 Å². The maximum absolute atomic E-state index is 6.93. The monoisotopic (exact) mass is 115 g/mol. The van der Waals surface area contributed by atoms with Gasteiger partial charge in [0.05, 0.1) is 0 Å². The number of nitrogens with one attached hydrogen (secondary N) is 1. The predicted molar refractivity (Wildman–Crippen MR) is 34.8 cm³/mol. The molecule has 8 heavy (non-hydrogen) atoms. The molecule has 0 heterocycles. The Balaban J connectivity index is 3.64. The molecule has 0 amide bonds. The highest BCUT2D eigenvalue weighted by molar-refractivity contribution is 5.74. The molecule has 0 rings (SSSR count). The van der Waals surface area contributed by atoms with Gasteiger partial charge in [-0.15, -0.1) is 0 Å². The topological polar surface area (TPSA) is 53.1 Å². The summed E-state index contributed by atoms with van der Waals surface area (Å²) in [7, 11) is 1.80. The fraction of sp³-hybridized carbons (Fsp3) is 0.800. The molecule has 0 aliphatic heterocycles. The van der Waals surface area contributed by atoms with Crippen molar-refractivity contribution in [3.63, 3.8) is 0 Å². The van der Waals surface area contributed by atoms with E-state index >= 15 is 0 Å². The van der Waals surface area contributed by atoms with Crippen LogP contribution in [0.2, 0.25) is 0 Å². The van der Waals surface area contributed by atoms with Gasteiger partial charge in [0, 0.05) is 13.1 Å². The lowest BCUT2D eigenvalue weighted by Crippen LogP contribution is -2.37. The van der Waals surface area contributed by atoms with Crippen LogP contribution < -0.4 is 5.73 Å². The fourth-order valence-electron chi connectivity index (χ4n) is 0.278. The summed E-state index contributed by atoms with van der Waals surface area (Å²) in [5, 5.41) is 6.93. The molecule has 0 saturated heterocycles. The van der Waals surface area contributed by atoms with E-state index in [2.05, 4.69) is 0 Å². The Labute approximate surface area is 50.0 Å². The van der Waals surface area contributed by atoms with Gasteiger partial charge in [-0.1, -0.05) is 0 Å². The smallest absolute Gasteiger partial charge is 0.188 e. The number of nitrogens with zero attached hydrogens (tertiary/aromatic N) is 1. The number of guanidine groups is 1. The normalized spacial score (nSPS) is 9.50. The highest BCUT2D eigenvalue weighted by Crippen LogP contribution is 1.88. The zero-order chi connectivity index (χ0) is 6.73. The SMILES string of the molecule is CC(C)N(C)C(=N)N. The van der Waals surface area contributed by atoms with E-state index in [4.69, 9.17) is 11.1 Å². The Hall–Kier alpha value is -0.730. The second-order valence-corrected chi connectivity index (χ2v) is 2.09. The summed E-state index contributed by atoms with van der Waals surface area (Å²) in [4.78, 5) is 1.69. The molecule has 3 heteroatoms. The van der Waals surface area contributed by atoms with Crippen LogP contribution in [0.4, 0.5) is 0 Å². The van der Waals surface area contributed by atoms with Crippen molar-refractivity contribution in [1.82, 2.24) is 4.90 Å². The molecule has 48 valence electrons. The molecule has 0 spiro atoms. The fourth-order valence-corrected chi connectivity index (χ4v) is 0.278. The van der Waals surface area contributed by atoms with Crippen molar-refractivity contribution >= 4 is 5.96 Å². The summed E-state index contributed by atoms with van der Waals surface area (Å²) in [6.45, 7) is 3.98. The predicted octanol–water partition coefficient (Wildman–Crippen LogP) is 0.220. The maximum Gasteiger partial charge on any atom is 0.188 e. The molecular formula is C5H13N3. The Morgan fingerprint density at radius 3 is 2.00 bits per heavy atom. The lowest BCUT2D eigenvalue weighted by Gasteiger charge is -2.20. The molecule has 0 atom stereocenters. The molecular weight excluding hydrogens is 102 g/mol. The van der Waals surface area contributed by atoms with Gasteiger partial charge in [-0.05, 0) is 13.8 Å². The molecule has 0 aliphatic carbocycles. The van der Waals surface area contributed by atoms with Gasteiger partial charge < -0.3 is 10.6 Å². The van der Waals surface area contributed by atoms with Crippen molar-refractivity contribution in [2.24, 2.45) is 5.73 Å². The minimum absolute atomic E-state index is 0.125. The first-order valence-electron chi connectivity index (χ1n) is 2.62. The van der Waals surface area contributed by atoms with Crippen molar-refractivity contribution in [2.75, 3.05) is 7.05 Å². The van der Waals surface area contributed by atoms with E-state index in [1.54, 1.807) is 11.9 Å². The van der Waals surface area contributed by atoms with Gasteiger partial charge in [0.15, 0.2) is 5.96 Å². The van der Waals surface area contributed by atoms with Crippen molar-refractivity contribution in [3.05, 3.63) is 0 Å². The molecule has 0 aromatic rings. The quantitative estimate of drug-likeness (QED) is 0.379. The molecule has 0 aromatic carbocycles. The molecule has 0 aliphatic rings. The number of hydrogen-bond donors (Lipinski definition) is 2. The van der Waals surface area contributed by atoms with E-state index in [-0.39, 0.29) is 5.96 Å². The van der Waals surface area contributed by atoms with Gasteiger partial charge >= 0.3 is 0 Å². The summed E-state index contributed by atoms with van der Waals surface area (Å²) in [5.41, 5.74) is 5.15. The molecule has 0 bridgehead atoms. The summed E-state index contributed by atoms with van der Waals surface area (Å²) in [6, 6.07) is 0.326. The van der Waals surface area contributed by atoms with Crippen molar-refractivity contribution < 1.29 is 0 Å². The number of hydrogen-bond acceptors (Lipinski definition) is 1. The molecule has 0 radical (unpaired) electrons. The number of nitrogens with two attached hydrogens (primary N) is 1. The van der Waals surface area contributed by atoms with Crippen LogP contribution in [0, 0.1) is 5.41 Å². The van der Waals surface area contributed by atoms with Gasteiger partial charge in [-0.25, -0.2) is 0 Å². The highest BCUT2D eigenvalue weighted by atomic mass is 15.2. The van der Waals surface area contributed by atoms with Crippen LogP contribution in [0.3, 0.4) is 0 Å². The lowest BCUT2D eigenvalue weighted by molar-refractivity contribution is 0.410. The second kappa shape index (κ2) is 2.55. The largest absolute Gasteiger partial charge is 0.370 e. The highest BCUT2D eigenvalue weighted by Gasteiger charge is 2.01. The van der Waals surface area contributed by atoms with E-state index in [9.17, 15) is 0 Å². The minimum Gasteiger partial charge on any atom is -0.370 e. The van der Waals surface area contributed by atoms with E-state index < -0.39 is 0 Å². The third-order valence-electron chi connectivity index (χ3n) is 1.15. The van der Waals surface area contributed by atoms with Gasteiger partial charge in [0.2, 0.25) is 0 Å². The summed E-state index contributed by atoms with van der Waals surface area (Å²) >= 11 is 0. The van der Waals surface area contributed by atoms with Gasteiger partial charge in [-0.2, -0.15) is 0 Å². The zero-order valence-electron chi connectivity index (χ0n) is 5.60. The molecule has 0 unspecified atom stereocenters. The van der Waals surface area contributed by atoms with Crippen molar-refractivity contribution in [3.8, 4) is 0 Å². The minimum atomic E-state index is 0.125. The first kappa shape index (κ1) is 7.27. The second-order valence-electron chi connectivity index (χ2n) is 2.09. The molecule has 3 N–H and O–H groups in total. The standard InChI is InChI=1S/C5H13N3/c1-4(2)8(3)5(6)7/h4H,1-3H3,(H3,6,7). The summed E-state index contributed by atoms with van der Waals surface area (Å²) < 4.78 is 0. The van der Waals surface area contributed by atoms with Crippen LogP contribution in [0.5, 0.6) is 0 Å². The Morgan fingerprint density at radius 2 is 2.00 bits per heavy atom.